The van der Waals surface area contributed by atoms with Crippen molar-refractivity contribution in [2.75, 3.05) is 13.1 Å². The maximum atomic E-state index is 11.3. The van der Waals surface area contributed by atoms with Crippen molar-refractivity contribution in [3.63, 3.8) is 0 Å². The molecule has 15 heavy (non-hydrogen) atoms. The zero-order valence-electron chi connectivity index (χ0n) is 8.58. The summed E-state index contributed by atoms with van der Waals surface area (Å²) < 4.78 is 0. The van der Waals surface area contributed by atoms with Gasteiger partial charge in [0.2, 0.25) is 0 Å². The van der Waals surface area contributed by atoms with Crippen LogP contribution in [0.5, 0.6) is 0 Å². The van der Waals surface area contributed by atoms with Crippen LogP contribution >= 0.6 is 0 Å². The molecule has 0 aromatic carbocycles. The average molecular weight is 215 g/mol. The molecule has 6 heteroatoms. The van der Waals surface area contributed by atoms with Crippen LogP contribution < -0.4 is 16.4 Å². The molecule has 0 spiro atoms. The van der Waals surface area contributed by atoms with E-state index in [-0.39, 0.29) is 0 Å². The van der Waals surface area contributed by atoms with Gasteiger partial charge in [0, 0.05) is 6.54 Å². The zero-order valence-corrected chi connectivity index (χ0v) is 8.58. The van der Waals surface area contributed by atoms with E-state index in [4.69, 9.17) is 10.8 Å². The van der Waals surface area contributed by atoms with E-state index in [2.05, 4.69) is 10.6 Å². The maximum Gasteiger partial charge on any atom is 0.329 e. The summed E-state index contributed by atoms with van der Waals surface area (Å²) in [5, 5.41) is 14.0. The molecule has 2 amide bonds. The number of nitrogens with two attached hydrogens (primary N) is 1. The molecule has 1 aliphatic rings. The monoisotopic (exact) mass is 215 g/mol. The quantitative estimate of drug-likeness (QED) is 0.470. The first kappa shape index (κ1) is 11.8. The Hall–Kier alpha value is -1.30. The van der Waals surface area contributed by atoms with Gasteiger partial charge in [-0.1, -0.05) is 0 Å². The van der Waals surface area contributed by atoms with Gasteiger partial charge in [-0.05, 0) is 32.2 Å². The molecular weight excluding hydrogens is 198 g/mol. The van der Waals surface area contributed by atoms with E-state index in [0.29, 0.717) is 32.4 Å². The minimum Gasteiger partial charge on any atom is -0.480 e. The number of aliphatic carboxylic acids is 1. The first-order chi connectivity index (χ1) is 7.10. The highest BCUT2D eigenvalue weighted by atomic mass is 16.4. The Morgan fingerprint density at radius 1 is 1.40 bits per heavy atom. The Balaban J connectivity index is 2.32. The summed E-state index contributed by atoms with van der Waals surface area (Å²) in [5.41, 5.74) is 4.23. The second kappa shape index (κ2) is 4.97. The number of hydrogen-bond acceptors (Lipinski definition) is 3. The maximum absolute atomic E-state index is 11.3. The third-order valence-electron chi connectivity index (χ3n) is 2.64. The summed E-state index contributed by atoms with van der Waals surface area (Å²) in [5.74, 6) is -0.956. The van der Waals surface area contributed by atoms with Crippen LogP contribution in [0.15, 0.2) is 0 Å². The Morgan fingerprint density at radius 3 is 2.47 bits per heavy atom. The fourth-order valence-electron chi connectivity index (χ4n) is 1.49. The molecule has 86 valence electrons. The molecule has 0 aromatic rings. The lowest BCUT2D eigenvalue weighted by atomic mass is 9.77. The lowest BCUT2D eigenvalue weighted by molar-refractivity contribution is -0.148. The van der Waals surface area contributed by atoms with Crippen LogP contribution in [-0.2, 0) is 4.79 Å². The van der Waals surface area contributed by atoms with Crippen molar-refractivity contribution >= 4 is 12.0 Å². The molecule has 0 radical (unpaired) electrons. The van der Waals surface area contributed by atoms with Gasteiger partial charge in [-0.25, -0.2) is 9.59 Å². The molecule has 5 N–H and O–H groups in total. The van der Waals surface area contributed by atoms with Gasteiger partial charge in [-0.15, -0.1) is 0 Å². The van der Waals surface area contributed by atoms with Gasteiger partial charge in [0.15, 0.2) is 0 Å². The predicted octanol–water partition coefficient (Wildman–Crippen LogP) is -0.358. The number of carbonyl (C=O) groups excluding carboxylic acids is 1. The minimum absolute atomic E-state index is 0.425. The second-order valence-corrected chi connectivity index (χ2v) is 3.76. The van der Waals surface area contributed by atoms with Crippen molar-refractivity contribution in [1.82, 2.24) is 10.6 Å². The Morgan fingerprint density at radius 2 is 2.07 bits per heavy atom. The molecular formula is C9H17N3O3. The number of carboxylic acid groups (broad SMARTS) is 1. The van der Waals surface area contributed by atoms with Gasteiger partial charge < -0.3 is 21.5 Å². The number of rotatable bonds is 5. The molecule has 0 aliphatic heterocycles. The molecule has 1 saturated carbocycles. The van der Waals surface area contributed by atoms with E-state index >= 15 is 0 Å². The number of carbonyl (C=O) groups is 2. The Kier molecular flexibility index (Phi) is 3.90. The minimum atomic E-state index is -1.03. The highest BCUT2D eigenvalue weighted by molar-refractivity contribution is 5.87. The van der Waals surface area contributed by atoms with E-state index in [1.54, 1.807) is 0 Å². The van der Waals surface area contributed by atoms with Crippen molar-refractivity contribution < 1.29 is 14.7 Å². The first-order valence-corrected chi connectivity index (χ1v) is 5.10. The SMILES string of the molecule is NCCCNC(=O)NC1(C(=O)O)CCC1. The van der Waals surface area contributed by atoms with Gasteiger partial charge in [0.1, 0.15) is 5.54 Å². The number of hydrogen-bond donors (Lipinski definition) is 4. The third-order valence-corrected chi connectivity index (χ3v) is 2.64. The number of carboxylic acids is 1. The molecule has 1 fully saturated rings. The summed E-state index contributed by atoms with van der Waals surface area (Å²) in [6.45, 7) is 0.975. The fraction of sp³-hybridized carbons (Fsp3) is 0.778. The molecule has 0 bridgehead atoms. The lowest BCUT2D eigenvalue weighted by Gasteiger charge is -2.38. The zero-order chi connectivity index (χ0) is 11.3. The molecule has 0 unspecified atom stereocenters. The molecule has 1 rings (SSSR count). The van der Waals surface area contributed by atoms with Gasteiger partial charge in [-0.3, -0.25) is 0 Å². The summed E-state index contributed by atoms with van der Waals surface area (Å²) in [7, 11) is 0. The topological polar surface area (TPSA) is 104 Å². The van der Waals surface area contributed by atoms with E-state index in [1.165, 1.54) is 0 Å². The van der Waals surface area contributed by atoms with Gasteiger partial charge in [0.25, 0.3) is 0 Å². The van der Waals surface area contributed by atoms with E-state index in [9.17, 15) is 9.59 Å². The van der Waals surface area contributed by atoms with Crippen molar-refractivity contribution in [2.24, 2.45) is 5.73 Å². The fourth-order valence-corrected chi connectivity index (χ4v) is 1.49. The summed E-state index contributed by atoms with van der Waals surface area (Å²) >= 11 is 0. The second-order valence-electron chi connectivity index (χ2n) is 3.76. The van der Waals surface area contributed by atoms with Crippen LogP contribution in [0.2, 0.25) is 0 Å². The van der Waals surface area contributed by atoms with Crippen LogP contribution in [0.3, 0.4) is 0 Å². The highest BCUT2D eigenvalue weighted by Crippen LogP contribution is 2.31. The van der Waals surface area contributed by atoms with Crippen LogP contribution in [-0.4, -0.2) is 35.7 Å². The predicted molar refractivity (Wildman–Crippen MR) is 54.4 cm³/mol. The molecule has 0 saturated heterocycles. The molecule has 1 aliphatic carbocycles. The standard InChI is InChI=1S/C9H17N3O3/c10-5-2-6-11-8(15)12-9(7(13)14)3-1-4-9/h1-6,10H2,(H,13,14)(H2,11,12,15). The van der Waals surface area contributed by atoms with Crippen molar-refractivity contribution in [1.29, 1.82) is 0 Å². The van der Waals surface area contributed by atoms with Crippen LogP contribution in [0.25, 0.3) is 0 Å². The first-order valence-electron chi connectivity index (χ1n) is 5.10. The summed E-state index contributed by atoms with van der Waals surface area (Å²) in [4.78, 5) is 22.2. The number of nitrogens with one attached hydrogen (secondary N) is 2. The van der Waals surface area contributed by atoms with E-state index in [0.717, 1.165) is 6.42 Å². The molecule has 0 aromatic heterocycles. The van der Waals surface area contributed by atoms with E-state index < -0.39 is 17.5 Å². The highest BCUT2D eigenvalue weighted by Gasteiger charge is 2.45. The molecule has 0 heterocycles. The van der Waals surface area contributed by atoms with Crippen molar-refractivity contribution in [2.45, 2.75) is 31.2 Å². The van der Waals surface area contributed by atoms with Crippen LogP contribution in [0.4, 0.5) is 4.79 Å². The largest absolute Gasteiger partial charge is 0.480 e. The molecule has 6 nitrogen and oxygen atoms in total. The normalized spacial score (nSPS) is 17.7. The third kappa shape index (κ3) is 2.82. The molecule has 0 atom stereocenters. The van der Waals surface area contributed by atoms with Gasteiger partial charge in [0.05, 0.1) is 0 Å². The van der Waals surface area contributed by atoms with Crippen LogP contribution in [0, 0.1) is 0 Å². The summed E-state index contributed by atoms with van der Waals surface area (Å²) in [6, 6.07) is -0.425. The smallest absolute Gasteiger partial charge is 0.329 e. The van der Waals surface area contributed by atoms with Gasteiger partial charge in [-0.2, -0.15) is 0 Å². The van der Waals surface area contributed by atoms with Gasteiger partial charge >= 0.3 is 12.0 Å². The Bertz CT molecular complexity index is 251. The van der Waals surface area contributed by atoms with Crippen LogP contribution in [0.1, 0.15) is 25.7 Å². The van der Waals surface area contributed by atoms with Crippen molar-refractivity contribution in [3.05, 3.63) is 0 Å². The Labute approximate surface area is 88.2 Å². The lowest BCUT2D eigenvalue weighted by Crippen LogP contribution is -2.61. The number of amides is 2. The average Bonchev–Trinajstić information content (AvgIpc) is 2.11. The van der Waals surface area contributed by atoms with E-state index in [1.807, 2.05) is 0 Å². The van der Waals surface area contributed by atoms with Crippen molar-refractivity contribution in [3.8, 4) is 0 Å². The summed E-state index contributed by atoms with van der Waals surface area (Å²) in [6.07, 6.45) is 2.54. The number of urea groups is 1.